The van der Waals surface area contributed by atoms with Crippen molar-refractivity contribution >= 4 is 48.5 Å². The highest BCUT2D eigenvalue weighted by Gasteiger charge is 2.36. The summed E-state index contributed by atoms with van der Waals surface area (Å²) in [6.07, 6.45) is 3.73. The zero-order chi connectivity index (χ0) is 41.0. The van der Waals surface area contributed by atoms with Crippen LogP contribution in [0.25, 0.3) is 22.3 Å². The van der Waals surface area contributed by atoms with Crippen LogP contribution in [0.4, 0.5) is 13.2 Å². The predicted octanol–water partition coefficient (Wildman–Crippen LogP) is 7.64. The van der Waals surface area contributed by atoms with Crippen molar-refractivity contribution in [3.63, 3.8) is 0 Å². The van der Waals surface area contributed by atoms with Gasteiger partial charge in [0.1, 0.15) is 11.3 Å². The van der Waals surface area contributed by atoms with Crippen LogP contribution in [0, 0.1) is 28.8 Å². The molecule has 16 heteroatoms. The summed E-state index contributed by atoms with van der Waals surface area (Å²) in [4.78, 5) is 17.2. The maximum Gasteiger partial charge on any atom is 0.308 e. The number of fused-ring (bicyclic) bond motifs is 8. The van der Waals surface area contributed by atoms with Gasteiger partial charge in [0.05, 0.1) is 46.7 Å². The Labute approximate surface area is 329 Å². The number of benzene rings is 3. The van der Waals surface area contributed by atoms with Crippen LogP contribution in [0.1, 0.15) is 69.5 Å². The maximum atomic E-state index is 16.2. The molecule has 0 unspecified atom stereocenters. The van der Waals surface area contributed by atoms with E-state index in [0.717, 1.165) is 35.3 Å². The molecule has 1 aliphatic heterocycles. The summed E-state index contributed by atoms with van der Waals surface area (Å²) in [7, 11) is -4.86. The van der Waals surface area contributed by atoms with E-state index in [0.29, 0.717) is 40.4 Å². The van der Waals surface area contributed by atoms with Crippen molar-refractivity contribution in [2.24, 2.45) is 18.4 Å². The summed E-state index contributed by atoms with van der Waals surface area (Å²) in [5.41, 5.74) is -0.116. The monoisotopic (exact) mass is 830 g/mol. The Kier molecular flexibility index (Phi) is 11.3. The topological polar surface area (TPSA) is 130 Å². The van der Waals surface area contributed by atoms with Gasteiger partial charge in [0.2, 0.25) is 10.0 Å². The number of sulfone groups is 1. The van der Waals surface area contributed by atoms with Gasteiger partial charge in [-0.3, -0.25) is 4.79 Å². The normalized spacial score (nSPS) is 19.5. The van der Waals surface area contributed by atoms with Crippen LogP contribution in [-0.2, 0) is 54.7 Å². The van der Waals surface area contributed by atoms with E-state index in [9.17, 15) is 21.6 Å². The molecule has 0 fully saturated rings. The van der Waals surface area contributed by atoms with Crippen LogP contribution < -0.4 is 0 Å². The molecule has 56 heavy (non-hydrogen) atoms. The summed E-state index contributed by atoms with van der Waals surface area (Å²) in [6.45, 7) is 7.51. The molecule has 4 bridgehead atoms. The van der Waals surface area contributed by atoms with Gasteiger partial charge in [0.25, 0.3) is 0 Å². The number of rotatable bonds is 5. The van der Waals surface area contributed by atoms with Gasteiger partial charge in [-0.2, -0.15) is 5.10 Å². The molecular weight excluding hydrogens is 786 g/mol. The van der Waals surface area contributed by atoms with Gasteiger partial charge in [-0.15, -0.1) is 0 Å². The fraction of sp³-hybridized carbons (Fsp3) is 0.425. The molecule has 0 aliphatic carbocycles. The number of aryl methyl sites for hydroxylation is 2. The van der Waals surface area contributed by atoms with E-state index in [1.54, 1.807) is 14.0 Å². The van der Waals surface area contributed by atoms with Crippen molar-refractivity contribution in [2.45, 2.75) is 75.0 Å². The molecule has 3 heterocycles. The fourth-order valence-electron chi connectivity index (χ4n) is 7.65. The lowest BCUT2D eigenvalue weighted by Gasteiger charge is -2.31. The van der Waals surface area contributed by atoms with Crippen LogP contribution in [0.2, 0.25) is 0 Å². The summed E-state index contributed by atoms with van der Waals surface area (Å²) < 4.78 is 108. The lowest BCUT2D eigenvalue weighted by atomic mass is 9.75. The first-order valence-electron chi connectivity index (χ1n) is 18.1. The molecule has 2 atom stereocenters. The molecule has 300 valence electrons. The van der Waals surface area contributed by atoms with Crippen molar-refractivity contribution in [2.75, 3.05) is 24.9 Å². The number of aromatic nitrogens is 4. The fourth-order valence-corrected chi connectivity index (χ4v) is 11.5. The van der Waals surface area contributed by atoms with Gasteiger partial charge in [0.15, 0.2) is 33.1 Å². The van der Waals surface area contributed by atoms with Gasteiger partial charge in [0, 0.05) is 23.5 Å². The maximum absolute atomic E-state index is 16.2. The van der Waals surface area contributed by atoms with E-state index in [-0.39, 0.29) is 51.3 Å². The number of esters is 1. The van der Waals surface area contributed by atoms with E-state index < -0.39 is 59.4 Å². The molecule has 2 aromatic heterocycles. The van der Waals surface area contributed by atoms with Gasteiger partial charge in [-0.25, -0.2) is 43.6 Å². The SMILES string of the molecule is COC(=O)[C@H](C)Cc1cccc([C@@]2(C)CCCC(C)(C)CS(=O)(=O)CCc3c(c(F)c(F)c4c3ccn4S(C)(=O)=O)Sc3ccc(F)c(c3)-c3nc2nn3C)c1. The minimum absolute atomic E-state index is 0.0517. The molecule has 3 aromatic carbocycles. The second-order valence-electron chi connectivity index (χ2n) is 15.7. The van der Waals surface area contributed by atoms with Crippen LogP contribution in [0.5, 0.6) is 0 Å². The minimum Gasteiger partial charge on any atom is -0.469 e. The Morgan fingerprint density at radius 1 is 1.05 bits per heavy atom. The van der Waals surface area contributed by atoms with E-state index >= 15 is 13.2 Å². The van der Waals surface area contributed by atoms with Crippen molar-refractivity contribution in [1.29, 1.82) is 0 Å². The summed E-state index contributed by atoms with van der Waals surface area (Å²) in [5.74, 6) is -4.11. The Bertz CT molecular complexity index is 2570. The Morgan fingerprint density at radius 3 is 2.48 bits per heavy atom. The van der Waals surface area contributed by atoms with E-state index in [1.165, 1.54) is 36.1 Å². The zero-order valence-electron chi connectivity index (χ0n) is 32.3. The number of methoxy groups -OCH3 is 1. The van der Waals surface area contributed by atoms with Crippen molar-refractivity contribution < 1.29 is 39.5 Å². The molecule has 0 saturated heterocycles. The van der Waals surface area contributed by atoms with Crippen LogP contribution in [-0.4, -0.2) is 66.4 Å². The Balaban J connectivity index is 1.53. The molecule has 1 aliphatic rings. The number of carbonyl (C=O) groups excluding carboxylic acids is 1. The first kappa shape index (κ1) is 41.5. The molecule has 0 spiro atoms. The highest BCUT2D eigenvalue weighted by molar-refractivity contribution is 7.99. The van der Waals surface area contributed by atoms with Crippen molar-refractivity contribution in [3.05, 3.63) is 94.7 Å². The summed E-state index contributed by atoms with van der Waals surface area (Å²) in [6, 6.07) is 13.2. The first-order valence-corrected chi connectivity index (χ1v) is 22.6. The average Bonchev–Trinajstić information content (AvgIpc) is 3.74. The lowest BCUT2D eigenvalue weighted by Crippen LogP contribution is -2.29. The van der Waals surface area contributed by atoms with E-state index in [4.69, 9.17) is 14.8 Å². The lowest BCUT2D eigenvalue weighted by molar-refractivity contribution is -0.144. The first-order chi connectivity index (χ1) is 26.1. The van der Waals surface area contributed by atoms with Gasteiger partial charge < -0.3 is 4.74 Å². The molecule has 0 amide bonds. The third-order valence-corrected chi connectivity index (χ3v) is 14.8. The van der Waals surface area contributed by atoms with Crippen LogP contribution in [0.3, 0.4) is 0 Å². The van der Waals surface area contributed by atoms with Crippen molar-refractivity contribution in [1.82, 2.24) is 18.7 Å². The largest absolute Gasteiger partial charge is 0.469 e. The van der Waals surface area contributed by atoms with E-state index in [1.807, 2.05) is 45.0 Å². The number of halogens is 3. The van der Waals surface area contributed by atoms with Gasteiger partial charge in [-0.05, 0) is 79.0 Å². The van der Waals surface area contributed by atoms with Crippen LogP contribution in [0.15, 0.2) is 64.5 Å². The molecule has 0 saturated carbocycles. The molecule has 0 radical (unpaired) electrons. The van der Waals surface area contributed by atoms with Crippen molar-refractivity contribution in [3.8, 4) is 11.4 Å². The Hall–Kier alpha value is -4.15. The third kappa shape index (κ3) is 8.28. The summed E-state index contributed by atoms with van der Waals surface area (Å²) in [5, 5.41) is 4.86. The molecule has 6 rings (SSSR count). The molecule has 0 N–H and O–H groups in total. The Morgan fingerprint density at radius 2 is 1.79 bits per heavy atom. The van der Waals surface area contributed by atoms with Crippen LogP contribution >= 0.6 is 11.8 Å². The molecular formula is C40H45F3N4O6S3. The number of hydrogen-bond acceptors (Lipinski definition) is 9. The van der Waals surface area contributed by atoms with E-state index in [2.05, 4.69) is 0 Å². The smallest absolute Gasteiger partial charge is 0.308 e. The number of nitrogens with zero attached hydrogens (tertiary/aromatic N) is 4. The second kappa shape index (κ2) is 15.3. The zero-order valence-corrected chi connectivity index (χ0v) is 34.8. The number of hydrogen-bond donors (Lipinski definition) is 0. The standard InChI is InChI=1S/C40H45F3N4O6S3/c1-24(37(48)53-6)20-25-10-8-11-26(21-25)40(4)17-9-16-39(2,3)23-56(51,52)19-15-29-28-14-18-47(55(7,49)50)34(28)32(42)33(43)35(29)54-27-12-13-31(41)30(22-27)36-44-38(40)45-46(36)5/h8,10-14,18,21-22,24H,9,15-17,19-20,23H2,1-7H3/t24-,40-/m1/s1. The summed E-state index contributed by atoms with van der Waals surface area (Å²) >= 11 is 0.783. The number of carbonyl (C=O) groups is 1. The third-order valence-electron chi connectivity index (χ3n) is 10.6. The quantitative estimate of drug-likeness (QED) is 0.164. The predicted molar refractivity (Wildman–Crippen MR) is 210 cm³/mol. The molecule has 5 aromatic rings. The average molecular weight is 831 g/mol. The molecule has 10 nitrogen and oxygen atoms in total. The minimum atomic E-state index is -4.05. The number of ether oxygens (including phenoxy) is 1. The van der Waals surface area contributed by atoms with Gasteiger partial charge >= 0.3 is 5.97 Å². The highest BCUT2D eigenvalue weighted by atomic mass is 32.2. The van der Waals surface area contributed by atoms with Gasteiger partial charge in [-0.1, -0.05) is 63.2 Å². The second-order valence-corrected chi connectivity index (χ2v) is 20.8. The highest BCUT2D eigenvalue weighted by Crippen LogP contribution is 2.43.